The topological polar surface area (TPSA) is 83.6 Å². The van der Waals surface area contributed by atoms with E-state index in [2.05, 4.69) is 25.1 Å². The highest BCUT2D eigenvalue weighted by Gasteiger charge is 2.19. The van der Waals surface area contributed by atoms with Gasteiger partial charge in [0.15, 0.2) is 5.82 Å². The molecule has 6 nitrogen and oxygen atoms in total. The average molecular weight is 251 g/mol. The number of nitrogens with zero attached hydrogens (tertiary/aromatic N) is 3. The van der Waals surface area contributed by atoms with Gasteiger partial charge in [0, 0.05) is 11.8 Å². The minimum atomic E-state index is -0.213. The SMILES string of the molecule is Cc1cc(NC(=O)c2snnc2C(C)C)n[nH]1. The van der Waals surface area contributed by atoms with Crippen molar-refractivity contribution < 1.29 is 4.79 Å². The van der Waals surface area contributed by atoms with Gasteiger partial charge in [0.05, 0.1) is 5.69 Å². The largest absolute Gasteiger partial charge is 0.304 e. The van der Waals surface area contributed by atoms with Gasteiger partial charge in [0.25, 0.3) is 5.91 Å². The van der Waals surface area contributed by atoms with E-state index in [1.807, 2.05) is 20.8 Å². The maximum absolute atomic E-state index is 12.0. The molecule has 2 aromatic rings. The molecule has 0 saturated heterocycles. The Kier molecular flexibility index (Phi) is 3.19. The van der Waals surface area contributed by atoms with E-state index < -0.39 is 0 Å². The highest BCUT2D eigenvalue weighted by atomic mass is 32.1. The molecule has 2 aromatic heterocycles. The van der Waals surface area contributed by atoms with Crippen molar-refractivity contribution in [1.29, 1.82) is 0 Å². The van der Waals surface area contributed by atoms with Crippen LogP contribution in [-0.2, 0) is 0 Å². The number of amides is 1. The van der Waals surface area contributed by atoms with Crippen LogP contribution in [-0.4, -0.2) is 25.7 Å². The Morgan fingerprint density at radius 1 is 1.53 bits per heavy atom. The lowest BCUT2D eigenvalue weighted by Gasteiger charge is -2.03. The van der Waals surface area contributed by atoms with Crippen molar-refractivity contribution in [2.24, 2.45) is 0 Å². The lowest BCUT2D eigenvalue weighted by Crippen LogP contribution is -2.13. The number of anilines is 1. The first kappa shape index (κ1) is 11.7. The highest BCUT2D eigenvalue weighted by Crippen LogP contribution is 2.20. The van der Waals surface area contributed by atoms with E-state index in [1.165, 1.54) is 0 Å². The molecular formula is C10H13N5OS. The van der Waals surface area contributed by atoms with Crippen LogP contribution in [0.1, 0.15) is 40.8 Å². The third-order valence-corrected chi connectivity index (χ3v) is 2.95. The molecule has 0 aliphatic rings. The minimum Gasteiger partial charge on any atom is -0.304 e. The summed E-state index contributed by atoms with van der Waals surface area (Å²) in [6.07, 6.45) is 0. The molecule has 2 rings (SSSR count). The van der Waals surface area contributed by atoms with E-state index in [-0.39, 0.29) is 11.8 Å². The number of nitrogens with one attached hydrogen (secondary N) is 2. The molecule has 0 spiro atoms. The van der Waals surface area contributed by atoms with Crippen LogP contribution in [0.15, 0.2) is 6.07 Å². The Bertz CT molecular complexity index is 530. The number of aromatic amines is 1. The van der Waals surface area contributed by atoms with E-state index in [0.717, 1.165) is 22.9 Å². The Hall–Kier alpha value is -1.76. The molecule has 0 unspecified atom stereocenters. The standard InChI is InChI=1S/C10H13N5OS/c1-5(2)8-9(17-15-14-8)10(16)11-7-4-6(3)12-13-7/h4-5H,1-3H3,(H2,11,12,13,16). The van der Waals surface area contributed by atoms with Crippen molar-refractivity contribution in [1.82, 2.24) is 19.8 Å². The van der Waals surface area contributed by atoms with Crippen molar-refractivity contribution in [2.45, 2.75) is 26.7 Å². The monoisotopic (exact) mass is 251 g/mol. The van der Waals surface area contributed by atoms with Gasteiger partial charge < -0.3 is 5.32 Å². The quantitative estimate of drug-likeness (QED) is 0.873. The first-order valence-electron chi connectivity index (χ1n) is 5.23. The minimum absolute atomic E-state index is 0.176. The molecule has 1 amide bonds. The molecule has 0 aliphatic heterocycles. The van der Waals surface area contributed by atoms with Crippen molar-refractivity contribution in [3.05, 3.63) is 22.3 Å². The van der Waals surface area contributed by atoms with E-state index in [1.54, 1.807) is 6.07 Å². The summed E-state index contributed by atoms with van der Waals surface area (Å²) in [5, 5.41) is 13.4. The van der Waals surface area contributed by atoms with Crippen LogP contribution in [0.2, 0.25) is 0 Å². The van der Waals surface area contributed by atoms with Gasteiger partial charge >= 0.3 is 0 Å². The summed E-state index contributed by atoms with van der Waals surface area (Å²) >= 11 is 1.10. The van der Waals surface area contributed by atoms with Crippen LogP contribution in [0.4, 0.5) is 5.82 Å². The normalized spacial score (nSPS) is 10.8. The third kappa shape index (κ3) is 2.50. The van der Waals surface area contributed by atoms with Gasteiger partial charge in [-0.25, -0.2) is 0 Å². The molecule has 0 fully saturated rings. The summed E-state index contributed by atoms with van der Waals surface area (Å²) in [5.74, 6) is 0.473. The number of carbonyl (C=O) groups excluding carboxylic acids is 1. The lowest BCUT2D eigenvalue weighted by atomic mass is 10.1. The van der Waals surface area contributed by atoms with Crippen LogP contribution >= 0.6 is 11.5 Å². The van der Waals surface area contributed by atoms with Crippen LogP contribution in [0.3, 0.4) is 0 Å². The fourth-order valence-corrected chi connectivity index (χ4v) is 2.10. The number of rotatable bonds is 3. The molecule has 2 heterocycles. The summed E-state index contributed by atoms with van der Waals surface area (Å²) < 4.78 is 3.81. The van der Waals surface area contributed by atoms with E-state index in [4.69, 9.17) is 0 Å². The van der Waals surface area contributed by atoms with Gasteiger partial charge in [-0.05, 0) is 24.4 Å². The number of hydrogen-bond donors (Lipinski definition) is 2. The Balaban J connectivity index is 2.17. The second-order valence-electron chi connectivity index (χ2n) is 4.03. The first-order chi connectivity index (χ1) is 8.08. The van der Waals surface area contributed by atoms with Gasteiger partial charge in [-0.1, -0.05) is 18.3 Å². The Morgan fingerprint density at radius 2 is 2.29 bits per heavy atom. The van der Waals surface area contributed by atoms with Gasteiger partial charge in [-0.15, -0.1) is 5.10 Å². The predicted octanol–water partition coefficient (Wildman–Crippen LogP) is 1.95. The van der Waals surface area contributed by atoms with Gasteiger partial charge in [0.1, 0.15) is 4.88 Å². The van der Waals surface area contributed by atoms with Crippen molar-refractivity contribution >= 4 is 23.3 Å². The summed E-state index contributed by atoms with van der Waals surface area (Å²) in [7, 11) is 0. The zero-order valence-electron chi connectivity index (χ0n) is 9.81. The third-order valence-electron chi connectivity index (χ3n) is 2.21. The second-order valence-corrected chi connectivity index (χ2v) is 4.79. The van der Waals surface area contributed by atoms with Crippen LogP contribution in [0.25, 0.3) is 0 Å². The van der Waals surface area contributed by atoms with E-state index >= 15 is 0 Å². The number of aromatic nitrogens is 4. The zero-order chi connectivity index (χ0) is 12.4. The predicted molar refractivity (Wildman–Crippen MR) is 65.3 cm³/mol. The van der Waals surface area contributed by atoms with Gasteiger partial charge in [-0.2, -0.15) is 5.10 Å². The Morgan fingerprint density at radius 3 is 2.88 bits per heavy atom. The summed E-state index contributed by atoms with van der Waals surface area (Å²) in [4.78, 5) is 12.5. The number of H-pyrrole nitrogens is 1. The number of carbonyl (C=O) groups is 1. The molecule has 0 saturated carbocycles. The molecule has 2 N–H and O–H groups in total. The number of aryl methyl sites for hydroxylation is 1. The molecule has 7 heteroatoms. The fraction of sp³-hybridized carbons (Fsp3) is 0.400. The fourth-order valence-electron chi connectivity index (χ4n) is 1.39. The number of hydrogen-bond acceptors (Lipinski definition) is 5. The molecule has 0 aliphatic carbocycles. The van der Waals surface area contributed by atoms with Crippen molar-refractivity contribution in [3.8, 4) is 0 Å². The van der Waals surface area contributed by atoms with E-state index in [9.17, 15) is 4.79 Å². The molecule has 0 radical (unpaired) electrons. The maximum Gasteiger partial charge on any atom is 0.270 e. The second kappa shape index (κ2) is 4.62. The molecule has 0 bridgehead atoms. The smallest absolute Gasteiger partial charge is 0.270 e. The van der Waals surface area contributed by atoms with Crippen molar-refractivity contribution in [3.63, 3.8) is 0 Å². The molecule has 90 valence electrons. The molecular weight excluding hydrogens is 238 g/mol. The van der Waals surface area contributed by atoms with E-state index in [0.29, 0.717) is 10.7 Å². The van der Waals surface area contributed by atoms with Gasteiger partial charge in [-0.3, -0.25) is 9.89 Å². The summed E-state index contributed by atoms with van der Waals surface area (Å²) in [5.41, 5.74) is 1.62. The maximum atomic E-state index is 12.0. The summed E-state index contributed by atoms with van der Waals surface area (Å²) in [6.45, 7) is 5.83. The summed E-state index contributed by atoms with van der Waals surface area (Å²) in [6, 6.07) is 1.77. The first-order valence-corrected chi connectivity index (χ1v) is 6.01. The molecule has 17 heavy (non-hydrogen) atoms. The zero-order valence-corrected chi connectivity index (χ0v) is 10.6. The van der Waals surface area contributed by atoms with Crippen LogP contribution in [0, 0.1) is 6.92 Å². The molecule has 0 aromatic carbocycles. The highest BCUT2D eigenvalue weighted by molar-refractivity contribution is 7.08. The Labute approximate surface area is 103 Å². The average Bonchev–Trinajstić information content (AvgIpc) is 2.86. The van der Waals surface area contributed by atoms with Crippen LogP contribution < -0.4 is 5.32 Å². The van der Waals surface area contributed by atoms with Crippen molar-refractivity contribution in [2.75, 3.05) is 5.32 Å². The lowest BCUT2D eigenvalue weighted by molar-refractivity contribution is 0.102. The van der Waals surface area contributed by atoms with Crippen LogP contribution in [0.5, 0.6) is 0 Å². The molecule has 0 atom stereocenters. The van der Waals surface area contributed by atoms with Gasteiger partial charge in [0.2, 0.25) is 0 Å².